The van der Waals surface area contributed by atoms with Gasteiger partial charge in [0.2, 0.25) is 0 Å². The fourth-order valence-corrected chi connectivity index (χ4v) is 2.54. The number of aromatic nitrogens is 1. The standard InChI is InChI=1S/C15H17ClF3N/c1-14(2,3)7-10-8-20(9-15(17,18)19)13-6-11(16)4-5-12(10)13/h4-6,8H,7,9H2,1-3H3. The molecule has 1 heterocycles. The first-order valence-corrected chi connectivity index (χ1v) is 6.77. The molecule has 1 aromatic carbocycles. The van der Waals surface area contributed by atoms with Crippen molar-refractivity contribution in [1.82, 2.24) is 4.57 Å². The SMILES string of the molecule is CC(C)(C)Cc1cn(CC(F)(F)F)c2cc(Cl)ccc12. The first kappa shape index (κ1) is 15.2. The third kappa shape index (κ3) is 3.69. The van der Waals surface area contributed by atoms with Crippen LogP contribution in [-0.4, -0.2) is 10.7 Å². The first-order valence-electron chi connectivity index (χ1n) is 6.39. The highest BCUT2D eigenvalue weighted by Crippen LogP contribution is 2.31. The topological polar surface area (TPSA) is 4.93 Å². The predicted molar refractivity (Wildman–Crippen MR) is 76.2 cm³/mol. The smallest absolute Gasteiger partial charge is 0.338 e. The molecule has 0 atom stereocenters. The van der Waals surface area contributed by atoms with Crippen molar-refractivity contribution < 1.29 is 13.2 Å². The molecule has 0 aliphatic heterocycles. The van der Waals surface area contributed by atoms with Crippen molar-refractivity contribution in [2.75, 3.05) is 0 Å². The van der Waals surface area contributed by atoms with Gasteiger partial charge in [-0.3, -0.25) is 0 Å². The Morgan fingerprint density at radius 3 is 2.35 bits per heavy atom. The maximum atomic E-state index is 12.7. The minimum absolute atomic E-state index is 0.0109. The van der Waals surface area contributed by atoms with E-state index in [0.717, 1.165) is 17.4 Å². The number of alkyl halides is 3. The van der Waals surface area contributed by atoms with E-state index in [0.29, 0.717) is 10.5 Å². The van der Waals surface area contributed by atoms with Gasteiger partial charge < -0.3 is 4.57 Å². The van der Waals surface area contributed by atoms with E-state index in [4.69, 9.17) is 11.6 Å². The van der Waals surface area contributed by atoms with E-state index >= 15 is 0 Å². The van der Waals surface area contributed by atoms with Crippen LogP contribution < -0.4 is 0 Å². The molecule has 0 N–H and O–H groups in total. The number of halogens is 4. The molecule has 20 heavy (non-hydrogen) atoms. The number of hydrogen-bond donors (Lipinski definition) is 0. The molecule has 0 unspecified atom stereocenters. The third-order valence-corrected chi connectivity index (χ3v) is 3.23. The lowest BCUT2D eigenvalue weighted by Gasteiger charge is -2.17. The monoisotopic (exact) mass is 303 g/mol. The van der Waals surface area contributed by atoms with Crippen LogP contribution in [-0.2, 0) is 13.0 Å². The summed E-state index contributed by atoms with van der Waals surface area (Å²) in [6, 6.07) is 5.11. The molecule has 0 saturated heterocycles. The second-order valence-electron chi connectivity index (χ2n) is 6.30. The van der Waals surface area contributed by atoms with Crippen LogP contribution in [0.1, 0.15) is 26.3 Å². The maximum absolute atomic E-state index is 12.7. The lowest BCUT2D eigenvalue weighted by atomic mass is 9.88. The molecule has 1 nitrogen and oxygen atoms in total. The van der Waals surface area contributed by atoms with Crippen LogP contribution in [0.25, 0.3) is 10.9 Å². The molecule has 0 bridgehead atoms. The zero-order chi connectivity index (χ0) is 15.1. The van der Waals surface area contributed by atoms with Gasteiger partial charge in [-0.2, -0.15) is 13.2 Å². The summed E-state index contributed by atoms with van der Waals surface area (Å²) in [6.45, 7) is 5.20. The van der Waals surface area contributed by atoms with Crippen molar-refractivity contribution >= 4 is 22.5 Å². The van der Waals surface area contributed by atoms with E-state index in [1.165, 1.54) is 4.57 Å². The molecule has 110 valence electrons. The van der Waals surface area contributed by atoms with Crippen molar-refractivity contribution in [2.24, 2.45) is 5.41 Å². The lowest BCUT2D eigenvalue weighted by Crippen LogP contribution is -2.17. The summed E-state index contributed by atoms with van der Waals surface area (Å²) in [4.78, 5) is 0. The van der Waals surface area contributed by atoms with Gasteiger partial charge in [-0.05, 0) is 29.5 Å². The Bertz CT molecular complexity index is 620. The van der Waals surface area contributed by atoms with Gasteiger partial charge in [-0.1, -0.05) is 38.4 Å². The predicted octanol–water partition coefficient (Wildman–Crippen LogP) is 5.45. The Hall–Kier alpha value is -1.16. The summed E-state index contributed by atoms with van der Waals surface area (Å²) in [5.74, 6) is 0. The molecule has 5 heteroatoms. The Labute approximate surface area is 121 Å². The zero-order valence-electron chi connectivity index (χ0n) is 11.7. The molecule has 2 rings (SSSR count). The van der Waals surface area contributed by atoms with Crippen LogP contribution in [0.3, 0.4) is 0 Å². The highest BCUT2D eigenvalue weighted by atomic mass is 35.5. The molecule has 0 aliphatic carbocycles. The van der Waals surface area contributed by atoms with Crippen LogP contribution in [0, 0.1) is 5.41 Å². The highest BCUT2D eigenvalue weighted by Gasteiger charge is 2.29. The molecular formula is C15H17ClF3N. The Morgan fingerprint density at radius 2 is 1.80 bits per heavy atom. The van der Waals surface area contributed by atoms with Crippen molar-refractivity contribution in [3.05, 3.63) is 35.0 Å². The normalized spacial score (nSPS) is 13.2. The maximum Gasteiger partial charge on any atom is 0.406 e. The van der Waals surface area contributed by atoms with E-state index in [2.05, 4.69) is 20.8 Å². The van der Waals surface area contributed by atoms with E-state index in [1.807, 2.05) is 0 Å². The lowest BCUT2D eigenvalue weighted by molar-refractivity contribution is -0.139. The highest BCUT2D eigenvalue weighted by molar-refractivity contribution is 6.31. The van der Waals surface area contributed by atoms with Crippen LogP contribution in [0.5, 0.6) is 0 Å². The number of hydrogen-bond acceptors (Lipinski definition) is 0. The van der Waals surface area contributed by atoms with Crippen molar-refractivity contribution in [3.63, 3.8) is 0 Å². The third-order valence-electron chi connectivity index (χ3n) is 3.00. The first-order chi connectivity index (χ1) is 9.05. The quantitative estimate of drug-likeness (QED) is 0.695. The van der Waals surface area contributed by atoms with Crippen molar-refractivity contribution in [2.45, 2.75) is 39.9 Å². The zero-order valence-corrected chi connectivity index (χ0v) is 12.4. The second-order valence-corrected chi connectivity index (χ2v) is 6.73. The molecular weight excluding hydrogens is 287 g/mol. The van der Waals surface area contributed by atoms with Crippen molar-refractivity contribution in [3.8, 4) is 0 Å². The minimum Gasteiger partial charge on any atom is -0.338 e. The average molecular weight is 304 g/mol. The summed E-state index contributed by atoms with van der Waals surface area (Å²) in [7, 11) is 0. The molecule has 0 fully saturated rings. The molecule has 1 aromatic heterocycles. The number of nitrogens with zero attached hydrogens (tertiary/aromatic N) is 1. The Morgan fingerprint density at radius 1 is 1.15 bits per heavy atom. The summed E-state index contributed by atoms with van der Waals surface area (Å²) in [5.41, 5.74) is 1.47. The fraction of sp³-hybridized carbons (Fsp3) is 0.467. The molecule has 0 aliphatic rings. The summed E-state index contributed by atoms with van der Waals surface area (Å²) in [6.07, 6.45) is -1.93. The minimum atomic E-state index is -4.24. The summed E-state index contributed by atoms with van der Waals surface area (Å²) < 4.78 is 39.2. The number of fused-ring (bicyclic) bond motifs is 1. The Kier molecular flexibility index (Phi) is 3.80. The average Bonchev–Trinajstić information content (AvgIpc) is 2.51. The van der Waals surface area contributed by atoms with E-state index in [-0.39, 0.29) is 5.41 Å². The van der Waals surface area contributed by atoms with Gasteiger partial charge in [0, 0.05) is 16.6 Å². The fourth-order valence-electron chi connectivity index (χ4n) is 2.38. The number of rotatable bonds is 2. The van der Waals surface area contributed by atoms with Gasteiger partial charge >= 0.3 is 6.18 Å². The van der Waals surface area contributed by atoms with Crippen LogP contribution in [0.15, 0.2) is 24.4 Å². The van der Waals surface area contributed by atoms with Crippen LogP contribution in [0.2, 0.25) is 5.02 Å². The molecule has 0 spiro atoms. The van der Waals surface area contributed by atoms with Gasteiger partial charge in [0.25, 0.3) is 0 Å². The van der Waals surface area contributed by atoms with Gasteiger partial charge in [0.05, 0.1) is 5.52 Å². The van der Waals surface area contributed by atoms with Gasteiger partial charge in [0.1, 0.15) is 6.54 Å². The van der Waals surface area contributed by atoms with Gasteiger partial charge in [-0.15, -0.1) is 0 Å². The van der Waals surface area contributed by atoms with E-state index in [9.17, 15) is 13.2 Å². The number of benzene rings is 1. The Balaban J connectivity index is 2.54. The van der Waals surface area contributed by atoms with Crippen molar-refractivity contribution in [1.29, 1.82) is 0 Å². The van der Waals surface area contributed by atoms with E-state index in [1.54, 1.807) is 24.4 Å². The molecule has 2 aromatic rings. The molecule has 0 saturated carbocycles. The van der Waals surface area contributed by atoms with Gasteiger partial charge in [-0.25, -0.2) is 0 Å². The second kappa shape index (κ2) is 4.99. The molecule has 0 radical (unpaired) electrons. The summed E-state index contributed by atoms with van der Waals surface area (Å²) >= 11 is 5.91. The van der Waals surface area contributed by atoms with Crippen LogP contribution >= 0.6 is 11.6 Å². The largest absolute Gasteiger partial charge is 0.406 e. The van der Waals surface area contributed by atoms with Gasteiger partial charge in [0.15, 0.2) is 0 Å². The van der Waals surface area contributed by atoms with Crippen LogP contribution in [0.4, 0.5) is 13.2 Å². The van der Waals surface area contributed by atoms with E-state index < -0.39 is 12.7 Å². The summed E-state index contributed by atoms with van der Waals surface area (Å²) in [5, 5.41) is 1.29. The molecule has 0 amide bonds.